The van der Waals surface area contributed by atoms with Gasteiger partial charge in [-0.3, -0.25) is 14.5 Å². The van der Waals surface area contributed by atoms with E-state index in [1.165, 1.54) is 48.8 Å². The summed E-state index contributed by atoms with van der Waals surface area (Å²) in [6.45, 7) is 6.05. The molecule has 0 radical (unpaired) electrons. The predicted molar refractivity (Wildman–Crippen MR) is 124 cm³/mol. The molecule has 3 aliphatic rings. The lowest BCUT2D eigenvalue weighted by Crippen LogP contribution is -2.46. The third-order valence-corrected chi connectivity index (χ3v) is 7.47. The molecule has 5 heteroatoms. The van der Waals surface area contributed by atoms with E-state index in [2.05, 4.69) is 40.2 Å². The number of carbonyl (C=O) groups excluding carboxylic acids is 2. The molecule has 31 heavy (non-hydrogen) atoms. The van der Waals surface area contributed by atoms with Crippen molar-refractivity contribution in [3.63, 3.8) is 0 Å². The second kappa shape index (κ2) is 10.6. The number of nitrogens with one attached hydrogen (secondary N) is 1. The molecule has 1 aliphatic carbocycles. The van der Waals surface area contributed by atoms with Crippen molar-refractivity contribution in [2.24, 2.45) is 5.92 Å². The molecule has 1 unspecified atom stereocenters. The zero-order valence-electron chi connectivity index (χ0n) is 19.2. The van der Waals surface area contributed by atoms with Gasteiger partial charge in [0.05, 0.1) is 12.6 Å². The second-order valence-electron chi connectivity index (χ2n) is 9.81. The van der Waals surface area contributed by atoms with Crippen molar-refractivity contribution in [2.75, 3.05) is 32.7 Å². The number of carbonyl (C=O) groups is 2. The van der Waals surface area contributed by atoms with Crippen molar-refractivity contribution in [2.45, 2.75) is 77.2 Å². The fourth-order valence-corrected chi connectivity index (χ4v) is 5.48. The minimum atomic E-state index is 0.0295. The van der Waals surface area contributed by atoms with Crippen molar-refractivity contribution in [1.29, 1.82) is 0 Å². The summed E-state index contributed by atoms with van der Waals surface area (Å²) in [5.74, 6) is 0.585. The van der Waals surface area contributed by atoms with Crippen molar-refractivity contribution < 1.29 is 9.59 Å². The van der Waals surface area contributed by atoms with E-state index in [-0.39, 0.29) is 17.9 Å². The lowest BCUT2D eigenvalue weighted by Gasteiger charge is -2.33. The number of aryl methyl sites for hydroxylation is 2. The molecule has 2 heterocycles. The van der Waals surface area contributed by atoms with Gasteiger partial charge in [-0.15, -0.1) is 0 Å². The normalized spacial score (nSPS) is 21.8. The summed E-state index contributed by atoms with van der Waals surface area (Å²) in [4.78, 5) is 29.8. The maximum absolute atomic E-state index is 12.9. The number of likely N-dealkylation sites (tertiary alicyclic amines) is 2. The third kappa shape index (κ3) is 5.88. The minimum absolute atomic E-state index is 0.0295. The number of nitrogens with zero attached hydrogens (tertiary/aromatic N) is 2. The first-order chi connectivity index (χ1) is 15.1. The third-order valence-electron chi connectivity index (χ3n) is 7.47. The molecule has 2 fully saturated rings. The van der Waals surface area contributed by atoms with Crippen LogP contribution in [0.3, 0.4) is 0 Å². The van der Waals surface area contributed by atoms with Gasteiger partial charge in [0.2, 0.25) is 11.8 Å². The molecule has 1 atom stereocenters. The summed E-state index contributed by atoms with van der Waals surface area (Å²) >= 11 is 0. The van der Waals surface area contributed by atoms with Crippen LogP contribution in [-0.4, -0.2) is 54.3 Å². The van der Waals surface area contributed by atoms with Gasteiger partial charge < -0.3 is 10.2 Å². The average Bonchev–Trinajstić information content (AvgIpc) is 3.08. The van der Waals surface area contributed by atoms with Crippen molar-refractivity contribution in [1.82, 2.24) is 15.1 Å². The van der Waals surface area contributed by atoms with E-state index in [0.29, 0.717) is 12.5 Å². The molecule has 1 N–H and O–H groups in total. The van der Waals surface area contributed by atoms with Crippen LogP contribution >= 0.6 is 0 Å². The smallest absolute Gasteiger partial charge is 0.234 e. The Morgan fingerprint density at radius 2 is 1.61 bits per heavy atom. The van der Waals surface area contributed by atoms with Crippen LogP contribution in [0.25, 0.3) is 0 Å². The zero-order chi connectivity index (χ0) is 21.6. The monoisotopic (exact) mass is 425 g/mol. The van der Waals surface area contributed by atoms with Gasteiger partial charge >= 0.3 is 0 Å². The molecule has 0 spiro atoms. The van der Waals surface area contributed by atoms with Crippen molar-refractivity contribution >= 4 is 11.8 Å². The first-order valence-corrected chi connectivity index (χ1v) is 12.5. The number of hydrogen-bond acceptors (Lipinski definition) is 3. The highest BCUT2D eigenvalue weighted by Crippen LogP contribution is 2.25. The molecule has 0 aromatic heterocycles. The van der Waals surface area contributed by atoms with Crippen LogP contribution in [0.15, 0.2) is 18.2 Å². The molecule has 2 aliphatic heterocycles. The molecular formula is C26H39N3O2. The lowest BCUT2D eigenvalue weighted by atomic mass is 9.89. The Bertz CT molecular complexity index is 762. The Labute approximate surface area is 187 Å². The quantitative estimate of drug-likeness (QED) is 0.779. The Hall–Kier alpha value is -1.88. The molecule has 2 amide bonds. The largest absolute Gasteiger partial charge is 0.348 e. The van der Waals surface area contributed by atoms with Crippen LogP contribution < -0.4 is 5.32 Å². The Balaban J connectivity index is 1.22. The fourth-order valence-electron chi connectivity index (χ4n) is 5.48. The highest BCUT2D eigenvalue weighted by Gasteiger charge is 2.29. The van der Waals surface area contributed by atoms with E-state index >= 15 is 0 Å². The number of rotatable bonds is 5. The van der Waals surface area contributed by atoms with E-state index < -0.39 is 0 Å². The van der Waals surface area contributed by atoms with Crippen LogP contribution in [0.4, 0.5) is 0 Å². The van der Waals surface area contributed by atoms with Gasteiger partial charge in [-0.05, 0) is 88.1 Å². The van der Waals surface area contributed by atoms with Crippen LogP contribution in [0.2, 0.25) is 0 Å². The average molecular weight is 426 g/mol. The first kappa shape index (κ1) is 22.3. The SMILES string of the molecule is CC(NC(=O)CN1CCC(C(=O)N2CCCCCC2)CC1)c1ccc2c(c1)CCCC2. The van der Waals surface area contributed by atoms with Crippen molar-refractivity contribution in [3.05, 3.63) is 34.9 Å². The van der Waals surface area contributed by atoms with E-state index in [9.17, 15) is 9.59 Å². The molecule has 0 bridgehead atoms. The van der Waals surface area contributed by atoms with E-state index in [0.717, 1.165) is 58.3 Å². The standard InChI is InChI=1S/C26H39N3O2/c1-20(23-11-10-21-8-4-5-9-24(21)18-23)27-25(30)19-28-16-12-22(13-17-28)26(31)29-14-6-2-3-7-15-29/h10-11,18,20,22H,2-9,12-17,19H2,1H3,(H,27,30). The Morgan fingerprint density at radius 3 is 2.32 bits per heavy atom. The van der Waals surface area contributed by atoms with Gasteiger partial charge in [-0.2, -0.15) is 0 Å². The molecule has 4 rings (SSSR count). The van der Waals surface area contributed by atoms with Gasteiger partial charge in [0.1, 0.15) is 0 Å². The Morgan fingerprint density at radius 1 is 0.935 bits per heavy atom. The Kier molecular flexibility index (Phi) is 7.65. The number of hydrogen-bond donors (Lipinski definition) is 1. The van der Waals surface area contributed by atoms with Crippen LogP contribution in [0.1, 0.15) is 81.0 Å². The van der Waals surface area contributed by atoms with Crippen molar-refractivity contribution in [3.8, 4) is 0 Å². The van der Waals surface area contributed by atoms with Gasteiger partial charge in [0.15, 0.2) is 0 Å². The van der Waals surface area contributed by atoms with Crippen LogP contribution in [-0.2, 0) is 22.4 Å². The van der Waals surface area contributed by atoms with E-state index in [1.807, 2.05) is 0 Å². The lowest BCUT2D eigenvalue weighted by molar-refractivity contribution is -0.137. The summed E-state index contributed by atoms with van der Waals surface area (Å²) in [6.07, 6.45) is 11.5. The maximum Gasteiger partial charge on any atom is 0.234 e. The highest BCUT2D eigenvalue weighted by atomic mass is 16.2. The van der Waals surface area contributed by atoms with Gasteiger partial charge in [-0.1, -0.05) is 31.0 Å². The van der Waals surface area contributed by atoms with Gasteiger partial charge in [0, 0.05) is 19.0 Å². The predicted octanol–water partition coefficient (Wildman–Crippen LogP) is 3.86. The number of piperidine rings is 1. The van der Waals surface area contributed by atoms with E-state index in [1.54, 1.807) is 0 Å². The van der Waals surface area contributed by atoms with Crippen LogP contribution in [0, 0.1) is 5.92 Å². The number of amides is 2. The molecule has 1 aromatic carbocycles. The molecule has 5 nitrogen and oxygen atoms in total. The summed E-state index contributed by atoms with van der Waals surface area (Å²) < 4.78 is 0. The molecule has 2 saturated heterocycles. The number of benzene rings is 1. The second-order valence-corrected chi connectivity index (χ2v) is 9.81. The van der Waals surface area contributed by atoms with Crippen LogP contribution in [0.5, 0.6) is 0 Å². The van der Waals surface area contributed by atoms with Gasteiger partial charge in [-0.25, -0.2) is 0 Å². The topological polar surface area (TPSA) is 52.7 Å². The summed E-state index contributed by atoms with van der Waals surface area (Å²) in [5, 5.41) is 3.19. The minimum Gasteiger partial charge on any atom is -0.348 e. The van der Waals surface area contributed by atoms with E-state index in [4.69, 9.17) is 0 Å². The maximum atomic E-state index is 12.9. The highest BCUT2D eigenvalue weighted by molar-refractivity contribution is 5.80. The molecule has 170 valence electrons. The molecule has 1 aromatic rings. The summed E-state index contributed by atoms with van der Waals surface area (Å²) in [7, 11) is 0. The molecular weight excluding hydrogens is 386 g/mol. The number of fused-ring (bicyclic) bond motifs is 1. The van der Waals surface area contributed by atoms with Gasteiger partial charge in [0.25, 0.3) is 0 Å². The summed E-state index contributed by atoms with van der Waals surface area (Å²) in [5.41, 5.74) is 4.14. The molecule has 0 saturated carbocycles. The zero-order valence-corrected chi connectivity index (χ0v) is 19.2. The summed E-state index contributed by atoms with van der Waals surface area (Å²) in [6, 6.07) is 6.74. The fraction of sp³-hybridized carbons (Fsp3) is 0.692. The first-order valence-electron chi connectivity index (χ1n) is 12.5.